The minimum Gasteiger partial charge on any atom is -0.380 e. The molecule has 1 N–H and O–H groups in total. The number of hydrogen-bond donors (Lipinski definition) is 1. The number of benzene rings is 1. The van der Waals surface area contributed by atoms with Crippen LogP contribution in [0.25, 0.3) is 5.69 Å². The second kappa shape index (κ2) is 7.01. The van der Waals surface area contributed by atoms with Crippen molar-refractivity contribution in [1.82, 2.24) is 24.6 Å². The van der Waals surface area contributed by atoms with Gasteiger partial charge in [0.25, 0.3) is 0 Å². The molecule has 1 saturated heterocycles. The summed E-state index contributed by atoms with van der Waals surface area (Å²) in [4.78, 5) is 10.0. The summed E-state index contributed by atoms with van der Waals surface area (Å²) in [5.74, 6) is 0.692. The summed E-state index contributed by atoms with van der Waals surface area (Å²) in [6, 6.07) is 6.65. The number of hydrogen-bond acceptors (Lipinski definition) is 4. The molecule has 1 aliphatic heterocycles. The molecule has 4 rings (SSSR count). The van der Waals surface area contributed by atoms with Crippen LogP contribution in [0.2, 0.25) is 0 Å². The Morgan fingerprint density at radius 3 is 3.00 bits per heavy atom. The predicted octanol–water partition coefficient (Wildman–Crippen LogP) is 3.00. The number of rotatable bonds is 5. The molecule has 1 fully saturated rings. The van der Waals surface area contributed by atoms with Gasteiger partial charge in [0.15, 0.2) is 0 Å². The number of imidazole rings is 1. The Morgan fingerprint density at radius 1 is 1.38 bits per heavy atom. The second-order valence-electron chi connectivity index (χ2n) is 6.68. The number of aromatic nitrogens is 4. The van der Waals surface area contributed by atoms with E-state index >= 15 is 0 Å². The monoisotopic (exact) mass is 355 g/mol. The van der Waals surface area contributed by atoms with Gasteiger partial charge in [0.2, 0.25) is 0 Å². The molecule has 0 amide bonds. The van der Waals surface area contributed by atoms with E-state index < -0.39 is 0 Å². The van der Waals surface area contributed by atoms with Crippen LogP contribution in [-0.2, 0) is 11.3 Å². The smallest absolute Gasteiger partial charge is 0.125 e. The average molecular weight is 355 g/mol. The molecule has 0 spiro atoms. The summed E-state index contributed by atoms with van der Waals surface area (Å²) in [6.45, 7) is 3.57. The van der Waals surface area contributed by atoms with Crippen molar-refractivity contribution in [2.75, 3.05) is 13.7 Å². The Bertz CT molecular complexity index is 876. The lowest BCUT2D eigenvalue weighted by atomic mass is 10.1. The number of ether oxygens (including phenoxy) is 1. The van der Waals surface area contributed by atoms with Gasteiger partial charge in [0.05, 0.1) is 23.5 Å². The number of H-pyrrole nitrogens is 1. The van der Waals surface area contributed by atoms with Crippen molar-refractivity contribution in [2.24, 2.45) is 0 Å². The van der Waals surface area contributed by atoms with Gasteiger partial charge in [-0.05, 0) is 31.5 Å². The topological polar surface area (TPSA) is 59.0 Å². The minimum absolute atomic E-state index is 0.184. The highest BCUT2D eigenvalue weighted by molar-refractivity contribution is 5.33. The fraction of sp³-hybridized carbons (Fsp3) is 0.368. The molecule has 2 aromatic heterocycles. The summed E-state index contributed by atoms with van der Waals surface area (Å²) in [6.07, 6.45) is 6.69. The molecule has 1 aromatic carbocycles. The molecule has 0 aliphatic carbocycles. The van der Waals surface area contributed by atoms with Crippen LogP contribution in [0.1, 0.15) is 29.5 Å². The summed E-state index contributed by atoms with van der Waals surface area (Å²) >= 11 is 0. The Hall–Kier alpha value is -2.51. The minimum atomic E-state index is -0.266. The van der Waals surface area contributed by atoms with Crippen LogP contribution in [0.3, 0.4) is 0 Å². The van der Waals surface area contributed by atoms with Crippen molar-refractivity contribution in [3.8, 4) is 5.69 Å². The third-order valence-electron chi connectivity index (χ3n) is 4.98. The third kappa shape index (κ3) is 3.27. The van der Waals surface area contributed by atoms with Crippen molar-refractivity contribution in [3.05, 3.63) is 65.8 Å². The van der Waals surface area contributed by atoms with E-state index in [2.05, 4.69) is 20.0 Å². The van der Waals surface area contributed by atoms with Crippen LogP contribution in [0.5, 0.6) is 0 Å². The van der Waals surface area contributed by atoms with Gasteiger partial charge in [0.1, 0.15) is 11.6 Å². The first-order valence-electron chi connectivity index (χ1n) is 8.71. The van der Waals surface area contributed by atoms with E-state index in [9.17, 15) is 4.39 Å². The molecule has 7 heteroatoms. The fourth-order valence-corrected chi connectivity index (χ4v) is 3.57. The van der Waals surface area contributed by atoms with E-state index in [4.69, 9.17) is 4.74 Å². The van der Waals surface area contributed by atoms with Crippen LogP contribution in [-0.4, -0.2) is 44.4 Å². The van der Waals surface area contributed by atoms with Crippen LogP contribution in [0.4, 0.5) is 4.39 Å². The zero-order valence-corrected chi connectivity index (χ0v) is 14.9. The molecular formula is C19H22FN5O. The maximum absolute atomic E-state index is 13.5. The van der Waals surface area contributed by atoms with Gasteiger partial charge in [-0.25, -0.2) is 14.1 Å². The van der Waals surface area contributed by atoms with E-state index in [1.54, 1.807) is 24.1 Å². The summed E-state index contributed by atoms with van der Waals surface area (Å²) in [5.41, 5.74) is 2.77. The van der Waals surface area contributed by atoms with Crippen LogP contribution < -0.4 is 0 Å². The Balaban J connectivity index is 1.58. The van der Waals surface area contributed by atoms with Crippen LogP contribution in [0.15, 0.2) is 42.9 Å². The zero-order chi connectivity index (χ0) is 18.1. The number of aromatic amines is 1. The largest absolute Gasteiger partial charge is 0.380 e. The van der Waals surface area contributed by atoms with E-state index in [0.29, 0.717) is 0 Å². The molecular weight excluding hydrogens is 333 g/mol. The molecule has 26 heavy (non-hydrogen) atoms. The predicted molar refractivity (Wildman–Crippen MR) is 95.4 cm³/mol. The Kier molecular flexibility index (Phi) is 4.57. The molecule has 1 unspecified atom stereocenters. The van der Waals surface area contributed by atoms with Crippen LogP contribution >= 0.6 is 0 Å². The lowest BCUT2D eigenvalue weighted by molar-refractivity contribution is 0.107. The molecule has 0 bridgehead atoms. The summed E-state index contributed by atoms with van der Waals surface area (Å²) in [7, 11) is 1.75. The van der Waals surface area contributed by atoms with E-state index in [1.807, 2.05) is 25.4 Å². The number of nitrogens with zero attached hydrogens (tertiary/aromatic N) is 4. The first kappa shape index (κ1) is 16.9. The third-order valence-corrected chi connectivity index (χ3v) is 4.98. The van der Waals surface area contributed by atoms with Crippen molar-refractivity contribution >= 4 is 0 Å². The fourth-order valence-electron chi connectivity index (χ4n) is 3.57. The average Bonchev–Trinajstić information content (AvgIpc) is 3.36. The van der Waals surface area contributed by atoms with Gasteiger partial charge >= 0.3 is 0 Å². The molecule has 6 nitrogen and oxygen atoms in total. The lowest BCUT2D eigenvalue weighted by Gasteiger charge is -2.22. The molecule has 1 aliphatic rings. The van der Waals surface area contributed by atoms with E-state index in [1.165, 1.54) is 12.1 Å². The first-order valence-corrected chi connectivity index (χ1v) is 8.71. The first-order chi connectivity index (χ1) is 12.6. The van der Waals surface area contributed by atoms with Gasteiger partial charge < -0.3 is 9.72 Å². The normalized spacial score (nSPS) is 20.7. The summed E-state index contributed by atoms with van der Waals surface area (Å²) in [5, 5.41) is 4.56. The number of likely N-dealkylation sites (tertiary alicyclic amines) is 1. The van der Waals surface area contributed by atoms with Crippen molar-refractivity contribution < 1.29 is 9.13 Å². The van der Waals surface area contributed by atoms with Crippen molar-refractivity contribution in [1.29, 1.82) is 0 Å². The van der Waals surface area contributed by atoms with Crippen LogP contribution in [0, 0.1) is 12.7 Å². The molecule has 0 radical (unpaired) electrons. The Morgan fingerprint density at radius 2 is 2.27 bits per heavy atom. The van der Waals surface area contributed by atoms with Gasteiger partial charge in [-0.1, -0.05) is 6.07 Å². The van der Waals surface area contributed by atoms with Gasteiger partial charge in [-0.2, -0.15) is 5.10 Å². The van der Waals surface area contributed by atoms with Gasteiger partial charge in [0, 0.05) is 44.4 Å². The molecule has 2 atom stereocenters. The number of nitrogens with one attached hydrogen (secondary N) is 1. The number of aryl methyl sites for hydroxylation is 1. The highest BCUT2D eigenvalue weighted by Gasteiger charge is 2.35. The highest BCUT2D eigenvalue weighted by atomic mass is 19.1. The van der Waals surface area contributed by atoms with Gasteiger partial charge in [-0.15, -0.1) is 0 Å². The molecule has 136 valence electrons. The number of methoxy groups -OCH3 is 1. The standard InChI is InChI=1S/C19H22FN5O/c1-13-14(11-25(23-13)16-5-3-4-15(20)8-16)10-24-12-17(26-2)9-18(24)19-21-6-7-22-19/h3-8,11,17-18H,9-10,12H2,1-2H3,(H,21,22)/t17-,18?/m1/s1. The quantitative estimate of drug-likeness (QED) is 0.764. The highest BCUT2D eigenvalue weighted by Crippen LogP contribution is 2.33. The van der Waals surface area contributed by atoms with Crippen molar-refractivity contribution in [2.45, 2.75) is 32.0 Å². The van der Waals surface area contributed by atoms with Crippen molar-refractivity contribution in [3.63, 3.8) is 0 Å². The molecule has 0 saturated carbocycles. The lowest BCUT2D eigenvalue weighted by Crippen LogP contribution is -2.25. The molecule has 3 heterocycles. The maximum Gasteiger partial charge on any atom is 0.125 e. The second-order valence-corrected chi connectivity index (χ2v) is 6.68. The summed E-state index contributed by atoms with van der Waals surface area (Å²) < 4.78 is 20.8. The Labute approximate surface area is 151 Å². The van der Waals surface area contributed by atoms with Gasteiger partial charge in [-0.3, -0.25) is 4.90 Å². The number of halogens is 1. The zero-order valence-electron chi connectivity index (χ0n) is 14.9. The maximum atomic E-state index is 13.5. The van der Waals surface area contributed by atoms with E-state index in [0.717, 1.165) is 42.3 Å². The molecule has 3 aromatic rings. The SMILES string of the molecule is CO[C@@H]1CC(c2ncc[nH]2)N(Cc2cn(-c3cccc(F)c3)nc2C)C1. The van der Waals surface area contributed by atoms with E-state index in [-0.39, 0.29) is 18.0 Å².